The van der Waals surface area contributed by atoms with Crippen LogP contribution in [0.1, 0.15) is 61.4 Å². The Balaban J connectivity index is 1.90. The molecule has 0 saturated carbocycles. The normalized spacial score (nSPS) is 20.2. The molecule has 0 saturated heterocycles. The molecule has 3 rings (SSSR count). The minimum atomic E-state index is -1.21. The van der Waals surface area contributed by atoms with Crippen molar-refractivity contribution in [3.63, 3.8) is 0 Å². The van der Waals surface area contributed by atoms with Crippen molar-refractivity contribution in [3.8, 4) is 0 Å². The molecule has 2 heterocycles. The van der Waals surface area contributed by atoms with Gasteiger partial charge in [0.05, 0.1) is 18.1 Å². The second kappa shape index (κ2) is 6.43. The Morgan fingerprint density at radius 3 is 2.75 bits per heavy atom. The van der Waals surface area contributed by atoms with Gasteiger partial charge >= 0.3 is 0 Å². The van der Waals surface area contributed by atoms with E-state index < -0.39 is 11.6 Å². The molecule has 0 bridgehead atoms. The van der Waals surface area contributed by atoms with Gasteiger partial charge in [-0.2, -0.15) is 0 Å². The Kier molecular flexibility index (Phi) is 4.49. The fourth-order valence-corrected chi connectivity index (χ4v) is 2.95. The summed E-state index contributed by atoms with van der Waals surface area (Å²) in [5.41, 5.74) is 0.226. The molecule has 1 aliphatic heterocycles. The lowest BCUT2D eigenvalue weighted by Gasteiger charge is -2.20. The van der Waals surface area contributed by atoms with Gasteiger partial charge < -0.3 is 4.74 Å². The smallest absolute Gasteiger partial charge is 0.218 e. The number of carbonyl (C=O) groups excluding carboxylic acids is 1. The first-order chi connectivity index (χ1) is 11.4. The predicted octanol–water partition coefficient (Wildman–Crippen LogP) is 3.53. The average molecular weight is 331 g/mol. The molecule has 2 atom stereocenters. The van der Waals surface area contributed by atoms with E-state index >= 15 is 0 Å². The molecule has 1 aromatic heterocycles. The molecule has 0 amide bonds. The van der Waals surface area contributed by atoms with Gasteiger partial charge in [-0.1, -0.05) is 44.2 Å². The molecule has 0 fully saturated rings. The lowest BCUT2D eigenvalue weighted by molar-refractivity contribution is 0.0510. The summed E-state index contributed by atoms with van der Waals surface area (Å²) in [6.45, 7) is 6.28. The number of nitrogens with zero attached hydrogens (tertiary/aromatic N) is 3. The quantitative estimate of drug-likeness (QED) is 0.760. The zero-order valence-electron chi connectivity index (χ0n) is 14.2. The summed E-state index contributed by atoms with van der Waals surface area (Å²) < 4.78 is 21.3. The average Bonchev–Trinajstić information content (AvgIpc) is 3.14. The third-order valence-electron chi connectivity index (χ3n) is 4.33. The molecule has 0 aliphatic carbocycles. The first-order valence-corrected chi connectivity index (χ1v) is 8.22. The molecule has 1 aliphatic rings. The third kappa shape index (κ3) is 2.98. The zero-order valence-corrected chi connectivity index (χ0v) is 14.2. The summed E-state index contributed by atoms with van der Waals surface area (Å²) in [4.78, 5) is 16.9. The second-order valence-corrected chi connectivity index (χ2v) is 6.72. The summed E-state index contributed by atoms with van der Waals surface area (Å²) >= 11 is 0. The standard InChI is InChI=1S/C18H22FN3O2/c1-4-24-11-18(2,3)15(23)16-20-17-13(19)10-14(22(17)21-16)12-8-6-5-7-9-12/h5-9,13-14H,4,10-11H2,1-3H3/t13-,14-/m0/s1. The molecule has 2 aromatic rings. The van der Waals surface area contributed by atoms with Crippen LogP contribution in [0.3, 0.4) is 0 Å². The fourth-order valence-electron chi connectivity index (χ4n) is 2.95. The molecule has 6 heteroatoms. The molecule has 0 spiro atoms. The number of aromatic nitrogens is 3. The highest BCUT2D eigenvalue weighted by atomic mass is 19.1. The number of rotatable bonds is 6. The van der Waals surface area contributed by atoms with E-state index in [1.54, 1.807) is 18.5 Å². The van der Waals surface area contributed by atoms with Gasteiger partial charge in [-0.3, -0.25) is 4.79 Å². The van der Waals surface area contributed by atoms with Gasteiger partial charge in [-0.05, 0) is 12.5 Å². The van der Waals surface area contributed by atoms with Crippen LogP contribution in [-0.4, -0.2) is 33.8 Å². The van der Waals surface area contributed by atoms with Crippen LogP contribution in [0.15, 0.2) is 30.3 Å². The molecule has 1 aromatic carbocycles. The van der Waals surface area contributed by atoms with Gasteiger partial charge in [-0.25, -0.2) is 14.1 Å². The molecule has 0 N–H and O–H groups in total. The van der Waals surface area contributed by atoms with E-state index in [0.29, 0.717) is 13.0 Å². The maximum atomic E-state index is 14.4. The molecule has 5 nitrogen and oxygen atoms in total. The molecule has 24 heavy (non-hydrogen) atoms. The summed E-state index contributed by atoms with van der Waals surface area (Å²) in [5, 5.41) is 4.33. The van der Waals surface area contributed by atoms with E-state index in [9.17, 15) is 9.18 Å². The first-order valence-electron chi connectivity index (χ1n) is 8.22. The van der Waals surface area contributed by atoms with Crippen molar-refractivity contribution in [3.05, 3.63) is 47.5 Å². The van der Waals surface area contributed by atoms with Crippen molar-refractivity contribution >= 4 is 5.78 Å². The van der Waals surface area contributed by atoms with Crippen LogP contribution in [0, 0.1) is 5.41 Å². The maximum Gasteiger partial charge on any atom is 0.218 e. The number of halogens is 1. The van der Waals surface area contributed by atoms with Gasteiger partial charge in [0.1, 0.15) is 0 Å². The largest absolute Gasteiger partial charge is 0.381 e. The number of hydrogen-bond acceptors (Lipinski definition) is 4. The lowest BCUT2D eigenvalue weighted by atomic mass is 9.88. The van der Waals surface area contributed by atoms with Gasteiger partial charge in [0, 0.05) is 13.0 Å². The van der Waals surface area contributed by atoms with Crippen molar-refractivity contribution in [2.24, 2.45) is 5.41 Å². The Morgan fingerprint density at radius 2 is 2.08 bits per heavy atom. The minimum Gasteiger partial charge on any atom is -0.381 e. The summed E-state index contributed by atoms with van der Waals surface area (Å²) in [6.07, 6.45) is -0.907. The Hall–Kier alpha value is -2.08. The number of carbonyl (C=O) groups is 1. The number of alkyl halides is 1. The summed E-state index contributed by atoms with van der Waals surface area (Å²) in [5.74, 6) is 0.0780. The highest BCUT2D eigenvalue weighted by Gasteiger charge is 2.39. The van der Waals surface area contributed by atoms with E-state index in [-0.39, 0.29) is 30.1 Å². The number of benzene rings is 1. The van der Waals surface area contributed by atoms with Crippen LogP contribution in [0.4, 0.5) is 4.39 Å². The van der Waals surface area contributed by atoms with Crippen LogP contribution < -0.4 is 0 Å². The molecule has 0 unspecified atom stereocenters. The SMILES string of the molecule is CCOCC(C)(C)C(=O)c1nc2n(n1)[C@H](c1ccccc1)C[C@@H]2F. The van der Waals surface area contributed by atoms with Crippen LogP contribution in [0.25, 0.3) is 0 Å². The predicted molar refractivity (Wildman–Crippen MR) is 87.7 cm³/mol. The lowest BCUT2D eigenvalue weighted by Crippen LogP contribution is -2.31. The van der Waals surface area contributed by atoms with E-state index in [4.69, 9.17) is 4.74 Å². The third-order valence-corrected chi connectivity index (χ3v) is 4.33. The first kappa shape index (κ1) is 16.8. The molecule has 128 valence electrons. The number of ketones is 1. The summed E-state index contributed by atoms with van der Waals surface area (Å²) in [7, 11) is 0. The van der Waals surface area contributed by atoms with E-state index in [1.807, 2.05) is 37.3 Å². The summed E-state index contributed by atoms with van der Waals surface area (Å²) in [6, 6.07) is 9.39. The van der Waals surface area contributed by atoms with Gasteiger partial charge in [-0.15, -0.1) is 5.10 Å². The highest BCUT2D eigenvalue weighted by molar-refractivity contribution is 5.96. The van der Waals surface area contributed by atoms with Crippen LogP contribution in [0.5, 0.6) is 0 Å². The number of ether oxygens (including phenoxy) is 1. The van der Waals surface area contributed by atoms with E-state index in [1.165, 1.54) is 0 Å². The van der Waals surface area contributed by atoms with Crippen molar-refractivity contribution < 1.29 is 13.9 Å². The number of Topliss-reactive ketones (excluding diaryl/α,β-unsaturated/α-hetero) is 1. The van der Waals surface area contributed by atoms with Crippen molar-refractivity contribution in [1.29, 1.82) is 0 Å². The van der Waals surface area contributed by atoms with Crippen molar-refractivity contribution in [2.45, 2.75) is 39.4 Å². The van der Waals surface area contributed by atoms with Crippen LogP contribution in [0.2, 0.25) is 0 Å². The molecular weight excluding hydrogens is 309 g/mol. The second-order valence-electron chi connectivity index (χ2n) is 6.72. The van der Waals surface area contributed by atoms with Gasteiger partial charge in [0.15, 0.2) is 12.0 Å². The van der Waals surface area contributed by atoms with Crippen LogP contribution >= 0.6 is 0 Å². The van der Waals surface area contributed by atoms with Crippen molar-refractivity contribution in [1.82, 2.24) is 14.8 Å². The fraction of sp³-hybridized carbons (Fsp3) is 0.500. The minimum absolute atomic E-state index is 0.0676. The van der Waals surface area contributed by atoms with Crippen molar-refractivity contribution in [2.75, 3.05) is 13.2 Å². The maximum absolute atomic E-state index is 14.4. The van der Waals surface area contributed by atoms with E-state index in [0.717, 1.165) is 5.56 Å². The topological polar surface area (TPSA) is 57.0 Å². The zero-order chi connectivity index (χ0) is 17.3. The Morgan fingerprint density at radius 1 is 1.38 bits per heavy atom. The van der Waals surface area contributed by atoms with E-state index in [2.05, 4.69) is 10.1 Å². The number of fused-ring (bicyclic) bond motifs is 1. The monoisotopic (exact) mass is 331 g/mol. The Bertz CT molecular complexity index is 727. The molecular formula is C18H22FN3O2. The number of hydrogen-bond donors (Lipinski definition) is 0. The van der Waals surface area contributed by atoms with Crippen LogP contribution in [-0.2, 0) is 4.74 Å². The molecule has 0 radical (unpaired) electrons. The Labute approximate surface area is 140 Å². The van der Waals surface area contributed by atoms with Gasteiger partial charge in [0.25, 0.3) is 0 Å². The van der Waals surface area contributed by atoms with Gasteiger partial charge in [0.2, 0.25) is 11.6 Å². The highest BCUT2D eigenvalue weighted by Crippen LogP contribution is 2.39.